The maximum Gasteiger partial charge on any atom is 0.168 e. The smallest absolute Gasteiger partial charge is 0.168 e. The summed E-state index contributed by atoms with van der Waals surface area (Å²) in [4.78, 5) is 12.9. The molecule has 1 aliphatic carbocycles. The SMILES string of the molecule is CCOc1cc2c(cc1OCCOC)C(C)C(C)n1ccc(C(=O)C3CC3)c1-2. The molecule has 1 saturated carbocycles. The summed E-state index contributed by atoms with van der Waals surface area (Å²) < 4.78 is 19.2. The molecule has 0 N–H and O–H groups in total. The van der Waals surface area contributed by atoms with Crippen LogP contribution in [0.15, 0.2) is 24.4 Å². The lowest BCUT2D eigenvalue weighted by Crippen LogP contribution is -2.21. The van der Waals surface area contributed by atoms with Gasteiger partial charge in [0.2, 0.25) is 0 Å². The summed E-state index contributed by atoms with van der Waals surface area (Å²) in [7, 11) is 1.66. The van der Waals surface area contributed by atoms with E-state index in [1.165, 1.54) is 5.56 Å². The van der Waals surface area contributed by atoms with Crippen molar-refractivity contribution >= 4 is 5.78 Å². The van der Waals surface area contributed by atoms with Crippen LogP contribution in [-0.4, -0.2) is 37.3 Å². The van der Waals surface area contributed by atoms with Crippen molar-refractivity contribution in [3.63, 3.8) is 0 Å². The maximum absolute atomic E-state index is 12.9. The van der Waals surface area contributed by atoms with Crippen LogP contribution in [0.5, 0.6) is 11.5 Å². The highest BCUT2D eigenvalue weighted by atomic mass is 16.5. The van der Waals surface area contributed by atoms with Crippen LogP contribution in [-0.2, 0) is 4.74 Å². The Morgan fingerprint density at radius 2 is 1.89 bits per heavy atom. The Morgan fingerprint density at radius 1 is 1.14 bits per heavy atom. The topological polar surface area (TPSA) is 49.7 Å². The van der Waals surface area contributed by atoms with E-state index in [0.717, 1.165) is 41.2 Å². The molecular formula is C23H29NO4. The second-order valence-corrected chi connectivity index (χ2v) is 7.81. The number of ketones is 1. The fourth-order valence-electron chi connectivity index (χ4n) is 4.11. The third kappa shape index (κ3) is 3.22. The number of hydrogen-bond donors (Lipinski definition) is 0. The van der Waals surface area contributed by atoms with E-state index in [9.17, 15) is 4.79 Å². The Morgan fingerprint density at radius 3 is 2.57 bits per heavy atom. The summed E-state index contributed by atoms with van der Waals surface area (Å²) in [6.07, 6.45) is 4.09. The molecule has 28 heavy (non-hydrogen) atoms. The number of rotatable bonds is 8. The van der Waals surface area contributed by atoms with Gasteiger partial charge in [-0.25, -0.2) is 0 Å². The number of aromatic nitrogens is 1. The predicted molar refractivity (Wildman–Crippen MR) is 109 cm³/mol. The van der Waals surface area contributed by atoms with Gasteiger partial charge in [-0.1, -0.05) is 6.92 Å². The van der Waals surface area contributed by atoms with E-state index in [4.69, 9.17) is 14.2 Å². The summed E-state index contributed by atoms with van der Waals surface area (Å²) in [5.41, 5.74) is 4.17. The molecule has 2 heterocycles. The van der Waals surface area contributed by atoms with Crippen LogP contribution in [0.2, 0.25) is 0 Å². The van der Waals surface area contributed by atoms with Gasteiger partial charge >= 0.3 is 0 Å². The molecular weight excluding hydrogens is 354 g/mol. The molecule has 0 radical (unpaired) electrons. The Hall–Kier alpha value is -2.27. The minimum Gasteiger partial charge on any atom is -0.490 e. The van der Waals surface area contributed by atoms with Crippen LogP contribution < -0.4 is 9.47 Å². The molecule has 1 aliphatic heterocycles. The number of Topliss-reactive ketones (excluding diaryl/α,β-unsaturated/α-hetero) is 1. The van der Waals surface area contributed by atoms with Crippen LogP contribution in [0.4, 0.5) is 0 Å². The van der Waals surface area contributed by atoms with Crippen LogP contribution in [0.25, 0.3) is 11.3 Å². The number of carbonyl (C=O) groups excluding carboxylic acids is 1. The Bertz CT molecular complexity index is 881. The summed E-state index contributed by atoms with van der Waals surface area (Å²) in [5.74, 6) is 2.25. The molecule has 1 fully saturated rings. The second kappa shape index (κ2) is 7.63. The molecule has 2 unspecified atom stereocenters. The van der Waals surface area contributed by atoms with Crippen molar-refractivity contribution in [3.8, 4) is 22.8 Å². The normalized spacial score (nSPS) is 20.4. The minimum atomic E-state index is 0.202. The number of fused-ring (bicyclic) bond motifs is 3. The van der Waals surface area contributed by atoms with Gasteiger partial charge in [0.1, 0.15) is 6.61 Å². The van der Waals surface area contributed by atoms with Crippen LogP contribution in [0, 0.1) is 5.92 Å². The van der Waals surface area contributed by atoms with E-state index in [1.54, 1.807) is 7.11 Å². The summed E-state index contributed by atoms with van der Waals surface area (Å²) >= 11 is 0. The number of ether oxygens (including phenoxy) is 3. The fraction of sp³-hybridized carbons (Fsp3) is 0.522. The number of methoxy groups -OCH3 is 1. The van der Waals surface area contributed by atoms with Crippen molar-refractivity contribution in [2.24, 2.45) is 5.92 Å². The lowest BCUT2D eigenvalue weighted by molar-refractivity contribution is 0.0968. The molecule has 5 heteroatoms. The first-order valence-corrected chi connectivity index (χ1v) is 10.2. The van der Waals surface area contributed by atoms with Crippen molar-refractivity contribution in [1.82, 2.24) is 4.57 Å². The van der Waals surface area contributed by atoms with Gasteiger partial charge < -0.3 is 18.8 Å². The Balaban J connectivity index is 1.82. The van der Waals surface area contributed by atoms with Crippen molar-refractivity contribution in [2.75, 3.05) is 26.9 Å². The number of hydrogen-bond acceptors (Lipinski definition) is 4. The first kappa shape index (κ1) is 19.1. The van der Waals surface area contributed by atoms with Crippen LogP contribution in [0.1, 0.15) is 61.5 Å². The third-order valence-electron chi connectivity index (χ3n) is 6.00. The largest absolute Gasteiger partial charge is 0.490 e. The van der Waals surface area contributed by atoms with Gasteiger partial charge in [0.15, 0.2) is 17.3 Å². The van der Waals surface area contributed by atoms with Gasteiger partial charge in [0.05, 0.1) is 18.9 Å². The molecule has 0 saturated heterocycles. The highest BCUT2D eigenvalue weighted by molar-refractivity contribution is 6.05. The molecule has 2 aliphatic rings. The molecule has 2 aromatic rings. The first-order valence-electron chi connectivity index (χ1n) is 10.2. The molecule has 5 nitrogen and oxygen atoms in total. The third-order valence-corrected chi connectivity index (χ3v) is 6.00. The van der Waals surface area contributed by atoms with E-state index in [0.29, 0.717) is 25.7 Å². The highest BCUT2D eigenvalue weighted by Gasteiger charge is 2.37. The van der Waals surface area contributed by atoms with Gasteiger partial charge in [0, 0.05) is 42.3 Å². The highest BCUT2D eigenvalue weighted by Crippen LogP contribution is 2.49. The predicted octanol–water partition coefficient (Wildman–Crippen LogP) is 4.85. The number of nitrogens with zero attached hydrogens (tertiary/aromatic N) is 1. The lowest BCUT2D eigenvalue weighted by atomic mass is 9.84. The molecule has 1 aromatic carbocycles. The average Bonchev–Trinajstić information content (AvgIpc) is 3.45. The van der Waals surface area contributed by atoms with Crippen molar-refractivity contribution in [2.45, 2.75) is 45.6 Å². The van der Waals surface area contributed by atoms with E-state index < -0.39 is 0 Å². The quantitative estimate of drug-likeness (QED) is 0.483. The molecule has 2 atom stereocenters. The maximum atomic E-state index is 12.9. The Kier molecular flexibility index (Phi) is 5.19. The molecule has 0 spiro atoms. The van der Waals surface area contributed by atoms with E-state index in [-0.39, 0.29) is 17.7 Å². The fourth-order valence-corrected chi connectivity index (χ4v) is 4.11. The molecule has 1 aromatic heterocycles. The Labute approximate surface area is 166 Å². The summed E-state index contributed by atoms with van der Waals surface area (Å²) in [6, 6.07) is 6.42. The van der Waals surface area contributed by atoms with Crippen LogP contribution >= 0.6 is 0 Å². The average molecular weight is 383 g/mol. The van der Waals surface area contributed by atoms with Crippen molar-refractivity contribution in [1.29, 1.82) is 0 Å². The van der Waals surface area contributed by atoms with E-state index in [1.807, 2.05) is 13.0 Å². The van der Waals surface area contributed by atoms with E-state index in [2.05, 4.69) is 36.7 Å². The zero-order chi connectivity index (χ0) is 19.8. The first-order chi connectivity index (χ1) is 13.6. The van der Waals surface area contributed by atoms with Gasteiger partial charge in [-0.15, -0.1) is 0 Å². The zero-order valence-electron chi connectivity index (χ0n) is 17.2. The van der Waals surface area contributed by atoms with Gasteiger partial charge in [0.25, 0.3) is 0 Å². The lowest BCUT2D eigenvalue weighted by Gasteiger charge is -2.33. The summed E-state index contributed by atoms with van der Waals surface area (Å²) in [5, 5.41) is 0. The molecule has 4 rings (SSSR count). The monoisotopic (exact) mass is 383 g/mol. The van der Waals surface area contributed by atoms with Crippen molar-refractivity contribution in [3.05, 3.63) is 35.5 Å². The van der Waals surface area contributed by atoms with E-state index >= 15 is 0 Å². The summed E-state index contributed by atoms with van der Waals surface area (Å²) in [6.45, 7) is 7.96. The van der Waals surface area contributed by atoms with Gasteiger partial charge in [-0.2, -0.15) is 0 Å². The molecule has 150 valence electrons. The second-order valence-electron chi connectivity index (χ2n) is 7.81. The number of carbonyl (C=O) groups is 1. The van der Waals surface area contributed by atoms with Gasteiger partial charge in [-0.3, -0.25) is 4.79 Å². The standard InChI is InChI=1S/C23H29NO4/c1-5-27-20-13-19-18(12-21(20)28-11-10-26-4)14(2)15(3)24-9-8-17(22(19)24)23(25)16-6-7-16/h8-9,12-16H,5-7,10-11H2,1-4H3. The minimum absolute atomic E-state index is 0.202. The number of benzene rings is 1. The molecule has 0 bridgehead atoms. The molecule has 0 amide bonds. The van der Waals surface area contributed by atoms with Gasteiger partial charge in [-0.05, 0) is 50.5 Å². The zero-order valence-corrected chi connectivity index (χ0v) is 17.2. The van der Waals surface area contributed by atoms with Crippen LogP contribution in [0.3, 0.4) is 0 Å². The van der Waals surface area contributed by atoms with Crippen molar-refractivity contribution < 1.29 is 19.0 Å².